The Morgan fingerprint density at radius 3 is 2.88 bits per heavy atom. The molecule has 0 spiro atoms. The van der Waals surface area contributed by atoms with Crippen LogP contribution in [0.3, 0.4) is 0 Å². The molecule has 0 radical (unpaired) electrons. The summed E-state index contributed by atoms with van der Waals surface area (Å²) >= 11 is 7.47. The molecule has 1 aliphatic rings. The number of rotatable bonds is 3. The zero-order valence-electron chi connectivity index (χ0n) is 8.99. The van der Waals surface area contributed by atoms with Crippen LogP contribution in [0.25, 0.3) is 0 Å². The van der Waals surface area contributed by atoms with Crippen molar-refractivity contribution in [3.63, 3.8) is 0 Å². The molecule has 1 saturated carbocycles. The van der Waals surface area contributed by atoms with Gasteiger partial charge in [0.2, 0.25) is 0 Å². The van der Waals surface area contributed by atoms with Crippen LogP contribution in [0.5, 0.6) is 0 Å². The number of nitrogens with one attached hydrogen (secondary N) is 1. The number of hydrogen-bond acceptors (Lipinski definition) is 3. The Balaban J connectivity index is 1.73. The predicted molar refractivity (Wildman–Crippen MR) is 66.0 cm³/mol. The Labute approximate surface area is 104 Å². The summed E-state index contributed by atoms with van der Waals surface area (Å²) in [4.78, 5) is 15.6. The minimum absolute atomic E-state index is 0.0609. The van der Waals surface area contributed by atoms with Crippen LogP contribution in [0.15, 0.2) is 10.9 Å². The SMILES string of the molecule is O=C(NCC1CCC(Cl)CC1)c1cscn1. The Hall–Kier alpha value is -0.610. The van der Waals surface area contributed by atoms with Gasteiger partial charge in [0, 0.05) is 17.3 Å². The van der Waals surface area contributed by atoms with Crippen LogP contribution >= 0.6 is 22.9 Å². The standard InChI is InChI=1S/C11H15ClN2OS/c12-9-3-1-8(2-4-9)5-13-11(15)10-6-16-7-14-10/h6-9H,1-5H2,(H,13,15). The van der Waals surface area contributed by atoms with Crippen LogP contribution in [-0.4, -0.2) is 22.8 Å². The minimum Gasteiger partial charge on any atom is -0.350 e. The Morgan fingerprint density at radius 2 is 2.25 bits per heavy atom. The van der Waals surface area contributed by atoms with Gasteiger partial charge in [0.25, 0.3) is 5.91 Å². The maximum atomic E-state index is 11.6. The fraction of sp³-hybridized carbons (Fsp3) is 0.636. The van der Waals surface area contributed by atoms with Crippen molar-refractivity contribution < 1.29 is 4.79 Å². The van der Waals surface area contributed by atoms with E-state index in [2.05, 4.69) is 10.3 Å². The highest BCUT2D eigenvalue weighted by atomic mass is 35.5. The number of amides is 1. The highest BCUT2D eigenvalue weighted by molar-refractivity contribution is 7.07. The lowest BCUT2D eigenvalue weighted by molar-refractivity contribution is 0.0939. The predicted octanol–water partition coefficient (Wildman–Crippen LogP) is 2.67. The number of alkyl halides is 1. The maximum absolute atomic E-state index is 11.6. The van der Waals surface area contributed by atoms with E-state index < -0.39 is 0 Å². The van der Waals surface area contributed by atoms with E-state index in [-0.39, 0.29) is 5.91 Å². The number of aromatic nitrogens is 1. The van der Waals surface area contributed by atoms with Crippen LogP contribution < -0.4 is 5.32 Å². The van der Waals surface area contributed by atoms with Gasteiger partial charge in [-0.25, -0.2) is 4.98 Å². The van der Waals surface area contributed by atoms with Gasteiger partial charge in [0.1, 0.15) is 5.69 Å². The second-order valence-corrected chi connectivity index (χ2v) is 5.54. The molecular formula is C11H15ClN2OS. The van der Waals surface area contributed by atoms with E-state index in [9.17, 15) is 4.79 Å². The Kier molecular flexibility index (Phi) is 4.18. The third kappa shape index (κ3) is 3.19. The van der Waals surface area contributed by atoms with E-state index in [1.807, 2.05) is 0 Å². The lowest BCUT2D eigenvalue weighted by Gasteiger charge is -2.24. The van der Waals surface area contributed by atoms with E-state index in [1.54, 1.807) is 10.9 Å². The number of carbonyl (C=O) groups excluding carboxylic acids is 1. The summed E-state index contributed by atoms with van der Waals surface area (Å²) in [5.74, 6) is 0.520. The second kappa shape index (κ2) is 5.64. The summed E-state index contributed by atoms with van der Waals surface area (Å²) in [6.07, 6.45) is 4.37. The van der Waals surface area contributed by atoms with Gasteiger partial charge in [0.05, 0.1) is 5.51 Å². The smallest absolute Gasteiger partial charge is 0.270 e. The van der Waals surface area contributed by atoms with E-state index in [1.165, 1.54) is 11.3 Å². The molecule has 2 rings (SSSR count). The van der Waals surface area contributed by atoms with Crippen molar-refractivity contribution in [2.75, 3.05) is 6.54 Å². The van der Waals surface area contributed by atoms with Gasteiger partial charge < -0.3 is 5.32 Å². The molecule has 1 amide bonds. The van der Waals surface area contributed by atoms with Crippen molar-refractivity contribution in [1.29, 1.82) is 0 Å². The average molecular weight is 259 g/mol. The zero-order valence-corrected chi connectivity index (χ0v) is 10.6. The van der Waals surface area contributed by atoms with Crippen LogP contribution in [0.2, 0.25) is 0 Å². The summed E-state index contributed by atoms with van der Waals surface area (Å²) in [5.41, 5.74) is 2.20. The molecule has 1 aromatic rings. The minimum atomic E-state index is -0.0609. The molecule has 0 aromatic carbocycles. The molecule has 0 saturated heterocycles. The number of nitrogens with zero attached hydrogens (tertiary/aromatic N) is 1. The number of carbonyl (C=O) groups is 1. The van der Waals surface area contributed by atoms with Crippen LogP contribution in [0.4, 0.5) is 0 Å². The van der Waals surface area contributed by atoms with Gasteiger partial charge in [0.15, 0.2) is 0 Å². The molecule has 16 heavy (non-hydrogen) atoms. The molecule has 0 aliphatic heterocycles. The number of halogens is 1. The lowest BCUT2D eigenvalue weighted by atomic mass is 9.89. The summed E-state index contributed by atoms with van der Waals surface area (Å²) in [6, 6.07) is 0. The van der Waals surface area contributed by atoms with E-state index in [4.69, 9.17) is 11.6 Å². The fourth-order valence-corrected chi connectivity index (χ4v) is 2.76. The van der Waals surface area contributed by atoms with Gasteiger partial charge in [-0.3, -0.25) is 4.79 Å². The van der Waals surface area contributed by atoms with Crippen molar-refractivity contribution >= 4 is 28.8 Å². The molecular weight excluding hydrogens is 244 g/mol. The summed E-state index contributed by atoms with van der Waals surface area (Å²) < 4.78 is 0. The van der Waals surface area contributed by atoms with Crippen LogP contribution in [-0.2, 0) is 0 Å². The number of hydrogen-bond donors (Lipinski definition) is 1. The zero-order chi connectivity index (χ0) is 11.4. The van der Waals surface area contributed by atoms with Gasteiger partial charge in [-0.05, 0) is 31.6 Å². The second-order valence-electron chi connectivity index (χ2n) is 4.20. The van der Waals surface area contributed by atoms with E-state index in [0.29, 0.717) is 17.0 Å². The first-order chi connectivity index (χ1) is 7.75. The lowest BCUT2D eigenvalue weighted by Crippen LogP contribution is -2.31. The molecule has 5 heteroatoms. The van der Waals surface area contributed by atoms with Crippen molar-refractivity contribution in [3.8, 4) is 0 Å². The summed E-state index contributed by atoms with van der Waals surface area (Å²) in [6.45, 7) is 0.750. The highest BCUT2D eigenvalue weighted by Gasteiger charge is 2.20. The van der Waals surface area contributed by atoms with Gasteiger partial charge >= 0.3 is 0 Å². The van der Waals surface area contributed by atoms with Gasteiger partial charge in [-0.1, -0.05) is 0 Å². The third-order valence-electron chi connectivity index (χ3n) is 2.99. The molecule has 0 unspecified atom stereocenters. The van der Waals surface area contributed by atoms with Gasteiger partial charge in [-0.2, -0.15) is 0 Å². The van der Waals surface area contributed by atoms with E-state index in [0.717, 1.165) is 32.2 Å². The Bertz CT molecular complexity index is 334. The molecule has 88 valence electrons. The Morgan fingerprint density at radius 1 is 1.50 bits per heavy atom. The van der Waals surface area contributed by atoms with Gasteiger partial charge in [-0.15, -0.1) is 22.9 Å². The largest absolute Gasteiger partial charge is 0.350 e. The molecule has 1 N–H and O–H groups in total. The monoisotopic (exact) mass is 258 g/mol. The molecule has 1 fully saturated rings. The summed E-state index contributed by atoms with van der Waals surface area (Å²) in [5, 5.41) is 5.04. The first kappa shape index (κ1) is 11.9. The normalized spacial score (nSPS) is 25.3. The molecule has 1 aromatic heterocycles. The van der Waals surface area contributed by atoms with Crippen molar-refractivity contribution in [2.45, 2.75) is 31.1 Å². The van der Waals surface area contributed by atoms with Crippen LogP contribution in [0, 0.1) is 5.92 Å². The average Bonchev–Trinajstić information content (AvgIpc) is 2.81. The van der Waals surface area contributed by atoms with E-state index >= 15 is 0 Å². The molecule has 0 bridgehead atoms. The highest BCUT2D eigenvalue weighted by Crippen LogP contribution is 2.26. The third-order valence-corrected chi connectivity index (χ3v) is 4.02. The van der Waals surface area contributed by atoms with Crippen molar-refractivity contribution in [2.24, 2.45) is 5.92 Å². The molecule has 1 aliphatic carbocycles. The first-order valence-electron chi connectivity index (χ1n) is 5.56. The maximum Gasteiger partial charge on any atom is 0.270 e. The fourth-order valence-electron chi connectivity index (χ4n) is 1.98. The molecule has 0 atom stereocenters. The topological polar surface area (TPSA) is 42.0 Å². The quantitative estimate of drug-likeness (QED) is 0.847. The number of thiazole rings is 1. The van der Waals surface area contributed by atoms with Crippen LogP contribution in [0.1, 0.15) is 36.2 Å². The molecule has 3 nitrogen and oxygen atoms in total. The first-order valence-corrected chi connectivity index (χ1v) is 6.94. The molecule has 1 heterocycles. The summed E-state index contributed by atoms with van der Waals surface area (Å²) in [7, 11) is 0. The van der Waals surface area contributed by atoms with Crippen molar-refractivity contribution in [3.05, 3.63) is 16.6 Å². The van der Waals surface area contributed by atoms with Crippen molar-refractivity contribution in [1.82, 2.24) is 10.3 Å².